The molecule has 0 saturated heterocycles. The zero-order valence-electron chi connectivity index (χ0n) is 16.3. The van der Waals surface area contributed by atoms with Crippen LogP contribution in [0.2, 0.25) is 0 Å². The second-order valence-electron chi connectivity index (χ2n) is 6.84. The van der Waals surface area contributed by atoms with Gasteiger partial charge in [-0.25, -0.2) is 8.91 Å². The molecule has 0 fully saturated rings. The lowest BCUT2D eigenvalue weighted by Gasteiger charge is -2.15. The molecule has 2 aromatic rings. The number of rotatable bonds is 7. The van der Waals surface area contributed by atoms with E-state index in [1.807, 2.05) is 13.8 Å². The number of fused-ring (bicyclic) bond motifs is 2. The molecule has 4 rings (SSSR count). The zero-order valence-corrected chi connectivity index (χ0v) is 16.3. The Bertz CT molecular complexity index is 1080. The number of aryl methyl sites for hydroxylation is 1. The Kier molecular flexibility index (Phi) is 5.16. The number of allylic oxidation sites excluding steroid dienone is 5. The molecule has 3 heterocycles. The minimum atomic E-state index is -0.754. The summed E-state index contributed by atoms with van der Waals surface area (Å²) in [6.45, 7) is 3.88. The fourth-order valence-corrected chi connectivity index (χ4v) is 3.30. The van der Waals surface area contributed by atoms with Gasteiger partial charge in [0.1, 0.15) is 30.3 Å². The third-order valence-electron chi connectivity index (χ3n) is 4.65. The molecule has 1 aliphatic carbocycles. The van der Waals surface area contributed by atoms with Crippen LogP contribution in [0.25, 0.3) is 5.52 Å². The highest BCUT2D eigenvalue weighted by molar-refractivity contribution is 6.08. The Morgan fingerprint density at radius 1 is 1.31 bits per heavy atom. The standard InChI is InChI=1S/C20H21FN4O4/c1-11-6-14-15(24-11)4-5-16(18(14)21)29-20-19-12(2)17(7-25(19)23-10-22-20)28-9-13(26)8-27-3/h5-7,10,13,26H,4,8-9H2,1-3H3/t13-/m1/s1. The van der Waals surface area contributed by atoms with Crippen LogP contribution in [0.15, 0.2) is 52.5 Å². The first-order valence-electron chi connectivity index (χ1n) is 9.15. The van der Waals surface area contributed by atoms with E-state index in [4.69, 9.17) is 14.2 Å². The number of nitrogens with zero attached hydrogens (tertiary/aromatic N) is 4. The lowest BCUT2D eigenvalue weighted by Crippen LogP contribution is -2.22. The molecule has 0 radical (unpaired) electrons. The summed E-state index contributed by atoms with van der Waals surface area (Å²) in [6, 6.07) is 0. The molecule has 0 bridgehead atoms. The van der Waals surface area contributed by atoms with Gasteiger partial charge in [-0.3, -0.25) is 4.99 Å². The van der Waals surface area contributed by atoms with Gasteiger partial charge in [-0.1, -0.05) is 0 Å². The van der Waals surface area contributed by atoms with Crippen LogP contribution in [-0.4, -0.2) is 51.8 Å². The molecule has 29 heavy (non-hydrogen) atoms. The Labute approximate surface area is 166 Å². The fourth-order valence-electron chi connectivity index (χ4n) is 3.30. The van der Waals surface area contributed by atoms with E-state index < -0.39 is 11.9 Å². The molecular formula is C20H21FN4O4. The highest BCUT2D eigenvalue weighted by Gasteiger charge is 2.26. The normalized spacial score (nSPS) is 17.1. The van der Waals surface area contributed by atoms with E-state index in [1.54, 1.807) is 22.9 Å². The SMILES string of the molecule is COC[C@@H](O)COc1cn2ncnc(OC3=CCC4=NC(C)=CC4=C3F)c2c1C. The molecule has 152 valence electrons. The first-order chi connectivity index (χ1) is 14.0. The van der Waals surface area contributed by atoms with Crippen molar-refractivity contribution >= 4 is 11.2 Å². The van der Waals surface area contributed by atoms with Crippen LogP contribution in [0, 0.1) is 6.92 Å². The van der Waals surface area contributed by atoms with Gasteiger partial charge < -0.3 is 19.3 Å². The summed E-state index contributed by atoms with van der Waals surface area (Å²) < 4.78 is 32.8. The van der Waals surface area contributed by atoms with E-state index in [1.165, 1.54) is 13.4 Å². The number of hydrogen-bond donors (Lipinski definition) is 1. The largest absolute Gasteiger partial charge is 0.489 e. The maximum absolute atomic E-state index is 14.9. The number of ether oxygens (including phenoxy) is 3. The van der Waals surface area contributed by atoms with E-state index in [0.717, 1.165) is 5.70 Å². The molecular weight excluding hydrogens is 379 g/mol. The number of halogens is 1. The van der Waals surface area contributed by atoms with Crippen molar-refractivity contribution in [3.8, 4) is 11.6 Å². The zero-order chi connectivity index (χ0) is 20.5. The van der Waals surface area contributed by atoms with Gasteiger partial charge in [0.2, 0.25) is 5.88 Å². The smallest absolute Gasteiger partial charge is 0.247 e. The number of methoxy groups -OCH3 is 1. The van der Waals surface area contributed by atoms with E-state index in [2.05, 4.69) is 15.1 Å². The van der Waals surface area contributed by atoms with Crippen LogP contribution in [-0.2, 0) is 4.74 Å². The predicted molar refractivity (Wildman–Crippen MR) is 104 cm³/mol. The molecule has 1 aliphatic heterocycles. The molecule has 1 atom stereocenters. The van der Waals surface area contributed by atoms with Gasteiger partial charge in [-0.2, -0.15) is 10.1 Å². The molecule has 1 N–H and O–H groups in total. The van der Waals surface area contributed by atoms with Crippen molar-refractivity contribution in [3.63, 3.8) is 0 Å². The summed E-state index contributed by atoms with van der Waals surface area (Å²) in [5.74, 6) is 0.368. The van der Waals surface area contributed by atoms with Gasteiger partial charge in [0.05, 0.1) is 18.5 Å². The first kappa shape index (κ1) is 19.3. The van der Waals surface area contributed by atoms with E-state index in [9.17, 15) is 9.50 Å². The number of aliphatic hydroxyl groups excluding tert-OH is 1. The molecule has 0 unspecified atom stereocenters. The van der Waals surface area contributed by atoms with Crippen LogP contribution in [0.4, 0.5) is 4.39 Å². The Hall–Kier alpha value is -3.04. The van der Waals surface area contributed by atoms with Crippen molar-refractivity contribution in [2.45, 2.75) is 26.4 Å². The van der Waals surface area contributed by atoms with Crippen molar-refractivity contribution in [1.82, 2.24) is 14.6 Å². The molecule has 0 aromatic carbocycles. The third kappa shape index (κ3) is 3.66. The molecule has 9 heteroatoms. The minimum Gasteiger partial charge on any atom is -0.489 e. The number of aliphatic imine (C=N–C) groups is 1. The summed E-state index contributed by atoms with van der Waals surface area (Å²) >= 11 is 0. The fraction of sp³-hybridized carbons (Fsp3) is 0.350. The summed E-state index contributed by atoms with van der Waals surface area (Å²) in [7, 11) is 1.51. The van der Waals surface area contributed by atoms with Gasteiger partial charge in [0.15, 0.2) is 11.6 Å². The van der Waals surface area contributed by atoms with Gasteiger partial charge in [-0.15, -0.1) is 0 Å². The molecule has 2 aliphatic rings. The van der Waals surface area contributed by atoms with Crippen LogP contribution < -0.4 is 9.47 Å². The second-order valence-corrected chi connectivity index (χ2v) is 6.84. The van der Waals surface area contributed by atoms with Crippen molar-refractivity contribution in [2.24, 2.45) is 4.99 Å². The van der Waals surface area contributed by atoms with Crippen LogP contribution >= 0.6 is 0 Å². The van der Waals surface area contributed by atoms with E-state index in [-0.39, 0.29) is 24.9 Å². The lowest BCUT2D eigenvalue weighted by atomic mass is 10.0. The number of aliphatic hydroxyl groups is 1. The predicted octanol–water partition coefficient (Wildman–Crippen LogP) is 2.67. The van der Waals surface area contributed by atoms with E-state index >= 15 is 0 Å². The van der Waals surface area contributed by atoms with Crippen LogP contribution in [0.3, 0.4) is 0 Å². The maximum atomic E-state index is 14.9. The average Bonchev–Trinajstić information content (AvgIpc) is 3.23. The summed E-state index contributed by atoms with van der Waals surface area (Å²) in [6.07, 6.45) is 6.08. The van der Waals surface area contributed by atoms with E-state index in [0.29, 0.717) is 34.5 Å². The van der Waals surface area contributed by atoms with Crippen molar-refractivity contribution in [3.05, 3.63) is 53.1 Å². The van der Waals surface area contributed by atoms with Crippen molar-refractivity contribution < 1.29 is 23.7 Å². The number of hydrogen-bond acceptors (Lipinski definition) is 7. The van der Waals surface area contributed by atoms with Gasteiger partial charge in [-0.05, 0) is 26.0 Å². The summed E-state index contributed by atoms with van der Waals surface area (Å²) in [4.78, 5) is 8.50. The minimum absolute atomic E-state index is 0.0643. The highest BCUT2D eigenvalue weighted by Crippen LogP contribution is 2.35. The maximum Gasteiger partial charge on any atom is 0.247 e. The lowest BCUT2D eigenvalue weighted by molar-refractivity contribution is 0.0324. The molecule has 8 nitrogen and oxygen atoms in total. The monoisotopic (exact) mass is 400 g/mol. The highest BCUT2D eigenvalue weighted by atomic mass is 19.1. The first-order valence-corrected chi connectivity index (χ1v) is 9.15. The Balaban J connectivity index is 1.61. The van der Waals surface area contributed by atoms with Gasteiger partial charge in [0, 0.05) is 30.4 Å². The average molecular weight is 400 g/mol. The molecule has 0 saturated carbocycles. The Morgan fingerprint density at radius 3 is 2.93 bits per heavy atom. The van der Waals surface area contributed by atoms with Crippen molar-refractivity contribution in [2.75, 3.05) is 20.3 Å². The van der Waals surface area contributed by atoms with Crippen LogP contribution in [0.1, 0.15) is 18.9 Å². The third-order valence-corrected chi connectivity index (χ3v) is 4.65. The summed E-state index contributed by atoms with van der Waals surface area (Å²) in [5, 5.41) is 14.0. The number of aromatic nitrogens is 3. The van der Waals surface area contributed by atoms with Crippen molar-refractivity contribution in [1.29, 1.82) is 0 Å². The van der Waals surface area contributed by atoms with Crippen LogP contribution in [0.5, 0.6) is 11.6 Å². The van der Waals surface area contributed by atoms with Gasteiger partial charge >= 0.3 is 0 Å². The quantitative estimate of drug-likeness (QED) is 0.769. The second kappa shape index (κ2) is 7.76. The molecule has 0 spiro atoms. The van der Waals surface area contributed by atoms with Gasteiger partial charge in [0.25, 0.3) is 0 Å². The topological polar surface area (TPSA) is 90.5 Å². The summed E-state index contributed by atoms with van der Waals surface area (Å²) in [5.41, 5.74) is 3.19. The Morgan fingerprint density at radius 2 is 2.14 bits per heavy atom. The molecule has 0 amide bonds. The molecule has 2 aromatic heterocycles.